The SMILES string of the molecule is C/C=C/c1cnc2c(c1)C(=O)N([C@@H](C)CO)C[C@@H](C)[C@H](CN(C)CC1CCOCC1)O2. The van der Waals surface area contributed by atoms with E-state index in [4.69, 9.17) is 9.47 Å². The smallest absolute Gasteiger partial charge is 0.259 e. The van der Waals surface area contributed by atoms with Crippen molar-refractivity contribution in [1.82, 2.24) is 14.8 Å². The fourth-order valence-corrected chi connectivity index (χ4v) is 4.37. The first-order valence-electron chi connectivity index (χ1n) is 11.4. The molecule has 7 heteroatoms. The monoisotopic (exact) mass is 431 g/mol. The molecular weight excluding hydrogens is 394 g/mol. The molecule has 0 saturated carbocycles. The first-order valence-corrected chi connectivity index (χ1v) is 11.4. The summed E-state index contributed by atoms with van der Waals surface area (Å²) in [6.45, 7) is 9.82. The van der Waals surface area contributed by atoms with Crippen molar-refractivity contribution in [3.63, 3.8) is 0 Å². The van der Waals surface area contributed by atoms with Crippen LogP contribution in [0.3, 0.4) is 0 Å². The predicted molar refractivity (Wildman–Crippen MR) is 121 cm³/mol. The van der Waals surface area contributed by atoms with Gasteiger partial charge in [-0.05, 0) is 51.3 Å². The minimum absolute atomic E-state index is 0.0784. The first-order chi connectivity index (χ1) is 14.9. The summed E-state index contributed by atoms with van der Waals surface area (Å²) in [7, 11) is 2.13. The lowest BCUT2D eigenvalue weighted by atomic mass is 9.97. The van der Waals surface area contributed by atoms with Crippen LogP contribution in [0.15, 0.2) is 18.3 Å². The fraction of sp³-hybridized carbons (Fsp3) is 0.667. The minimum atomic E-state index is -0.271. The van der Waals surface area contributed by atoms with Crippen LogP contribution in [-0.4, -0.2) is 84.4 Å². The zero-order valence-electron chi connectivity index (χ0n) is 19.3. The molecule has 0 radical (unpaired) electrons. The Balaban J connectivity index is 1.84. The molecule has 0 aliphatic carbocycles. The molecule has 3 heterocycles. The molecule has 3 rings (SSSR count). The van der Waals surface area contributed by atoms with Crippen molar-refractivity contribution in [2.24, 2.45) is 11.8 Å². The van der Waals surface area contributed by atoms with E-state index in [1.165, 1.54) is 0 Å². The standard InChI is InChI=1S/C24H37N3O4/c1-5-6-20-11-21-23(25-12-20)31-22(15-26(4)14-19-7-9-30-10-8-19)17(2)13-27(24(21)29)18(3)16-28/h5-6,11-12,17-19,22,28H,7-10,13-16H2,1-4H3/b6-5+/t17-,18+,22+/m1/s1. The van der Waals surface area contributed by atoms with E-state index in [2.05, 4.69) is 23.9 Å². The lowest BCUT2D eigenvalue weighted by Crippen LogP contribution is -2.50. The largest absolute Gasteiger partial charge is 0.472 e. The molecule has 0 spiro atoms. The van der Waals surface area contributed by atoms with E-state index in [1.54, 1.807) is 11.1 Å². The van der Waals surface area contributed by atoms with Gasteiger partial charge in [-0.25, -0.2) is 4.98 Å². The summed E-state index contributed by atoms with van der Waals surface area (Å²) in [5, 5.41) is 9.76. The van der Waals surface area contributed by atoms with Crippen LogP contribution < -0.4 is 4.74 Å². The third-order valence-electron chi connectivity index (χ3n) is 6.30. The molecule has 1 saturated heterocycles. The third kappa shape index (κ3) is 6.05. The summed E-state index contributed by atoms with van der Waals surface area (Å²) < 4.78 is 11.8. The number of hydrogen-bond acceptors (Lipinski definition) is 6. The second-order valence-corrected chi connectivity index (χ2v) is 9.02. The van der Waals surface area contributed by atoms with Gasteiger partial charge in [0, 0.05) is 45.0 Å². The van der Waals surface area contributed by atoms with Crippen molar-refractivity contribution in [3.05, 3.63) is 29.5 Å². The Bertz CT molecular complexity index is 763. The Morgan fingerprint density at radius 3 is 2.77 bits per heavy atom. The lowest BCUT2D eigenvalue weighted by molar-refractivity contribution is 0.0254. The molecule has 0 unspecified atom stereocenters. The van der Waals surface area contributed by atoms with Crippen LogP contribution in [0.5, 0.6) is 5.88 Å². The number of carbonyl (C=O) groups is 1. The van der Waals surface area contributed by atoms with Crippen LogP contribution >= 0.6 is 0 Å². The van der Waals surface area contributed by atoms with Crippen molar-refractivity contribution in [3.8, 4) is 5.88 Å². The number of amides is 1. The molecule has 0 aromatic carbocycles. The molecule has 1 aromatic rings. The van der Waals surface area contributed by atoms with E-state index in [-0.39, 0.29) is 30.6 Å². The minimum Gasteiger partial charge on any atom is -0.472 e. The molecule has 172 valence electrons. The van der Waals surface area contributed by atoms with E-state index >= 15 is 0 Å². The van der Waals surface area contributed by atoms with E-state index < -0.39 is 0 Å². The number of hydrogen-bond donors (Lipinski definition) is 1. The van der Waals surface area contributed by atoms with Gasteiger partial charge in [-0.2, -0.15) is 0 Å². The van der Waals surface area contributed by atoms with E-state index in [9.17, 15) is 9.90 Å². The second kappa shape index (κ2) is 11.1. The zero-order valence-corrected chi connectivity index (χ0v) is 19.3. The highest BCUT2D eigenvalue weighted by Crippen LogP contribution is 2.28. The number of allylic oxidation sites excluding steroid dienone is 1. The van der Waals surface area contributed by atoms with Gasteiger partial charge < -0.3 is 24.4 Å². The number of fused-ring (bicyclic) bond motifs is 1. The van der Waals surface area contributed by atoms with Crippen molar-refractivity contribution in [2.75, 3.05) is 46.5 Å². The molecule has 1 fully saturated rings. The second-order valence-electron chi connectivity index (χ2n) is 9.02. The van der Waals surface area contributed by atoms with Gasteiger partial charge in [0.15, 0.2) is 0 Å². The van der Waals surface area contributed by atoms with Crippen molar-refractivity contribution >= 4 is 12.0 Å². The molecule has 31 heavy (non-hydrogen) atoms. The van der Waals surface area contributed by atoms with Crippen LogP contribution in [0.2, 0.25) is 0 Å². The number of nitrogens with zero attached hydrogens (tertiary/aromatic N) is 3. The Morgan fingerprint density at radius 1 is 1.35 bits per heavy atom. The highest BCUT2D eigenvalue weighted by atomic mass is 16.5. The summed E-state index contributed by atoms with van der Waals surface area (Å²) in [6, 6.07) is 1.56. The number of carbonyl (C=O) groups excluding carboxylic acids is 1. The van der Waals surface area contributed by atoms with E-state index in [0.29, 0.717) is 23.9 Å². The maximum Gasteiger partial charge on any atom is 0.259 e. The number of aliphatic hydroxyl groups excluding tert-OH is 1. The van der Waals surface area contributed by atoms with Gasteiger partial charge in [0.2, 0.25) is 5.88 Å². The first kappa shape index (κ1) is 23.7. The molecule has 1 aromatic heterocycles. The summed E-state index contributed by atoms with van der Waals surface area (Å²) in [4.78, 5) is 21.9. The molecule has 7 nitrogen and oxygen atoms in total. The normalized spacial score (nSPS) is 24.1. The summed E-state index contributed by atoms with van der Waals surface area (Å²) >= 11 is 0. The zero-order chi connectivity index (χ0) is 22.4. The van der Waals surface area contributed by atoms with Gasteiger partial charge in [0.05, 0.1) is 12.6 Å². The van der Waals surface area contributed by atoms with Gasteiger partial charge in [-0.15, -0.1) is 0 Å². The van der Waals surface area contributed by atoms with Gasteiger partial charge in [0.25, 0.3) is 5.91 Å². The van der Waals surface area contributed by atoms with Crippen molar-refractivity contribution < 1.29 is 19.4 Å². The average molecular weight is 432 g/mol. The number of aromatic nitrogens is 1. The maximum atomic E-state index is 13.3. The van der Waals surface area contributed by atoms with Crippen LogP contribution in [0.1, 0.15) is 49.5 Å². The van der Waals surface area contributed by atoms with Crippen LogP contribution in [0.25, 0.3) is 6.08 Å². The number of rotatable bonds is 7. The van der Waals surface area contributed by atoms with Gasteiger partial charge in [-0.1, -0.05) is 19.1 Å². The fourth-order valence-electron chi connectivity index (χ4n) is 4.37. The molecule has 3 atom stereocenters. The van der Waals surface area contributed by atoms with Gasteiger partial charge >= 0.3 is 0 Å². The van der Waals surface area contributed by atoms with Crippen LogP contribution in [-0.2, 0) is 4.74 Å². The number of ether oxygens (including phenoxy) is 2. The number of likely N-dealkylation sites (N-methyl/N-ethyl adjacent to an activating group) is 1. The van der Waals surface area contributed by atoms with Gasteiger partial charge in [-0.3, -0.25) is 4.79 Å². The molecule has 1 N–H and O–H groups in total. The third-order valence-corrected chi connectivity index (χ3v) is 6.30. The molecule has 0 bridgehead atoms. The maximum absolute atomic E-state index is 13.3. The van der Waals surface area contributed by atoms with Crippen LogP contribution in [0.4, 0.5) is 0 Å². The predicted octanol–water partition coefficient (Wildman–Crippen LogP) is 2.69. The Kier molecular flexibility index (Phi) is 8.46. The van der Waals surface area contributed by atoms with Crippen molar-refractivity contribution in [2.45, 2.75) is 45.8 Å². The number of pyridine rings is 1. The Morgan fingerprint density at radius 2 is 2.10 bits per heavy atom. The van der Waals surface area contributed by atoms with E-state index in [0.717, 1.165) is 44.7 Å². The quantitative estimate of drug-likeness (QED) is 0.716. The highest BCUT2D eigenvalue weighted by molar-refractivity contribution is 5.97. The van der Waals surface area contributed by atoms with Crippen molar-refractivity contribution in [1.29, 1.82) is 0 Å². The lowest BCUT2D eigenvalue weighted by Gasteiger charge is -2.38. The summed E-state index contributed by atoms with van der Waals surface area (Å²) in [5.74, 6) is 0.977. The number of aliphatic hydroxyl groups is 1. The molecule has 1 amide bonds. The Labute approximate surface area is 186 Å². The topological polar surface area (TPSA) is 75.1 Å². The van der Waals surface area contributed by atoms with Crippen LogP contribution in [0, 0.1) is 11.8 Å². The summed E-state index contributed by atoms with van der Waals surface area (Å²) in [6.07, 6.45) is 7.66. The molecular formula is C24H37N3O4. The van der Waals surface area contributed by atoms with E-state index in [1.807, 2.05) is 32.1 Å². The summed E-state index contributed by atoms with van der Waals surface area (Å²) in [5.41, 5.74) is 1.32. The highest BCUT2D eigenvalue weighted by Gasteiger charge is 2.34. The molecule has 2 aliphatic heterocycles. The molecule has 2 aliphatic rings. The average Bonchev–Trinajstić information content (AvgIpc) is 2.77. The van der Waals surface area contributed by atoms with Gasteiger partial charge in [0.1, 0.15) is 11.7 Å². The Hall–Kier alpha value is -1.96.